The quantitative estimate of drug-likeness (QED) is 0.512. The van der Waals surface area contributed by atoms with Gasteiger partial charge in [-0.1, -0.05) is 58.5 Å². The molecule has 28 heavy (non-hydrogen) atoms. The van der Waals surface area contributed by atoms with Crippen molar-refractivity contribution in [1.82, 2.24) is 10.2 Å². The van der Waals surface area contributed by atoms with Gasteiger partial charge in [0.15, 0.2) is 0 Å². The van der Waals surface area contributed by atoms with Crippen molar-refractivity contribution in [1.29, 1.82) is 0 Å². The molecule has 0 aliphatic carbocycles. The molecule has 0 aromatic heterocycles. The van der Waals surface area contributed by atoms with E-state index in [2.05, 4.69) is 10.6 Å². The Morgan fingerprint density at radius 2 is 1.75 bits per heavy atom. The molecule has 0 bridgehead atoms. The van der Waals surface area contributed by atoms with Crippen LogP contribution in [-0.2, 0) is 15.1 Å². The lowest BCUT2D eigenvalue weighted by atomic mass is 9.92. The van der Waals surface area contributed by atoms with Crippen LogP contribution in [0.15, 0.2) is 36.4 Å². The fraction of sp³-hybridized carbons (Fsp3) is 0.167. The van der Waals surface area contributed by atoms with Crippen molar-refractivity contribution in [3.63, 3.8) is 0 Å². The predicted octanol–water partition coefficient (Wildman–Crippen LogP) is 4.71. The minimum absolute atomic E-state index is 0.170. The van der Waals surface area contributed by atoms with Gasteiger partial charge < -0.3 is 10.6 Å². The lowest BCUT2D eigenvalue weighted by Gasteiger charge is -2.22. The van der Waals surface area contributed by atoms with Crippen LogP contribution in [0.5, 0.6) is 0 Å². The number of carbonyl (C=O) groups is 3. The number of imide groups is 1. The summed E-state index contributed by atoms with van der Waals surface area (Å²) in [5.41, 5.74) is -0.608. The molecule has 10 heteroatoms. The number of nitrogens with zero attached hydrogens (tertiary/aromatic N) is 1. The molecule has 146 valence electrons. The van der Waals surface area contributed by atoms with E-state index in [1.165, 1.54) is 12.1 Å². The largest absolute Gasteiger partial charge is 0.325 e. The van der Waals surface area contributed by atoms with Crippen molar-refractivity contribution in [3.05, 3.63) is 62.1 Å². The Balaban J connectivity index is 1.78. The summed E-state index contributed by atoms with van der Waals surface area (Å²) in [6, 6.07) is 8.65. The van der Waals surface area contributed by atoms with Gasteiger partial charge in [-0.05, 0) is 36.8 Å². The highest BCUT2D eigenvalue weighted by molar-refractivity contribution is 6.44. The third-order valence-corrected chi connectivity index (χ3v) is 5.53. The van der Waals surface area contributed by atoms with Crippen molar-refractivity contribution in [2.45, 2.75) is 12.5 Å². The number of nitrogens with one attached hydrogen (secondary N) is 2. The number of hydrogen-bond acceptors (Lipinski definition) is 3. The number of carbonyl (C=O) groups excluding carboxylic acids is 3. The number of hydrogen-bond donors (Lipinski definition) is 2. The molecule has 6 nitrogen and oxygen atoms in total. The van der Waals surface area contributed by atoms with Crippen molar-refractivity contribution < 1.29 is 14.4 Å². The number of benzene rings is 2. The first-order valence-corrected chi connectivity index (χ1v) is 9.47. The minimum atomic E-state index is -1.33. The molecule has 0 spiro atoms. The number of halogens is 4. The van der Waals surface area contributed by atoms with Crippen LogP contribution in [0.4, 0.5) is 10.5 Å². The summed E-state index contributed by atoms with van der Waals surface area (Å²) in [6.45, 7) is 1.05. The second-order valence-electron chi connectivity index (χ2n) is 6.25. The smallest absolute Gasteiger partial charge is 0.323 e. The van der Waals surface area contributed by atoms with Crippen LogP contribution in [0.25, 0.3) is 0 Å². The molecule has 2 aromatic rings. The van der Waals surface area contributed by atoms with Crippen LogP contribution in [0.2, 0.25) is 20.1 Å². The molecule has 3 rings (SSSR count). The number of urea groups is 1. The Hall–Kier alpha value is -1.99. The van der Waals surface area contributed by atoms with E-state index in [1.807, 2.05) is 0 Å². The molecule has 1 aliphatic heterocycles. The third kappa shape index (κ3) is 3.91. The fourth-order valence-corrected chi connectivity index (χ4v) is 3.57. The van der Waals surface area contributed by atoms with Gasteiger partial charge >= 0.3 is 6.03 Å². The Morgan fingerprint density at radius 1 is 1.07 bits per heavy atom. The summed E-state index contributed by atoms with van der Waals surface area (Å²) in [5, 5.41) is 6.14. The highest BCUT2D eigenvalue weighted by Gasteiger charge is 2.49. The average molecular weight is 461 g/mol. The van der Waals surface area contributed by atoms with E-state index < -0.39 is 29.9 Å². The first kappa shape index (κ1) is 20.7. The SMILES string of the molecule is CC1(c2cccc(Cl)c2)NC(=O)N(CC(=O)Nc2cc(Cl)c(Cl)cc2Cl)C1=O. The average Bonchev–Trinajstić information content (AvgIpc) is 2.84. The zero-order valence-corrected chi connectivity index (χ0v) is 17.4. The van der Waals surface area contributed by atoms with E-state index >= 15 is 0 Å². The third-order valence-electron chi connectivity index (χ3n) is 4.26. The zero-order valence-electron chi connectivity index (χ0n) is 14.4. The van der Waals surface area contributed by atoms with Gasteiger partial charge in [0.1, 0.15) is 12.1 Å². The van der Waals surface area contributed by atoms with Gasteiger partial charge in [-0.2, -0.15) is 0 Å². The summed E-state index contributed by atoms with van der Waals surface area (Å²) in [4.78, 5) is 38.4. The summed E-state index contributed by atoms with van der Waals surface area (Å²) < 4.78 is 0. The standard InChI is InChI=1S/C18H13Cl4N3O3/c1-18(9-3-2-4-10(19)5-9)16(27)25(17(28)24-18)8-15(26)23-14-7-12(21)11(20)6-13(14)22/h2-7H,8H2,1H3,(H,23,26)(H,24,28). The summed E-state index contributed by atoms with van der Waals surface area (Å²) >= 11 is 23.8. The molecule has 2 N–H and O–H groups in total. The highest BCUT2D eigenvalue weighted by atomic mass is 35.5. The monoisotopic (exact) mass is 459 g/mol. The van der Waals surface area contributed by atoms with Gasteiger partial charge in [0.2, 0.25) is 5.91 Å². The first-order chi connectivity index (χ1) is 13.1. The van der Waals surface area contributed by atoms with Crippen molar-refractivity contribution >= 4 is 69.9 Å². The van der Waals surface area contributed by atoms with Gasteiger partial charge in [-0.15, -0.1) is 0 Å². The van der Waals surface area contributed by atoms with Crippen LogP contribution < -0.4 is 10.6 Å². The molecule has 1 fully saturated rings. The summed E-state index contributed by atoms with van der Waals surface area (Å²) in [5.74, 6) is -1.20. The molecular weight excluding hydrogens is 448 g/mol. The van der Waals surface area contributed by atoms with Crippen molar-refractivity contribution in [3.8, 4) is 0 Å². The van der Waals surface area contributed by atoms with Gasteiger partial charge in [-0.25, -0.2) is 4.79 Å². The van der Waals surface area contributed by atoms with Crippen LogP contribution in [0.1, 0.15) is 12.5 Å². The van der Waals surface area contributed by atoms with Crippen molar-refractivity contribution in [2.75, 3.05) is 11.9 Å². The maximum absolute atomic E-state index is 12.9. The molecule has 1 atom stereocenters. The molecular formula is C18H13Cl4N3O3. The Kier molecular flexibility index (Phi) is 5.77. The number of rotatable bonds is 4. The molecule has 1 saturated heterocycles. The van der Waals surface area contributed by atoms with Crippen LogP contribution in [0, 0.1) is 0 Å². The molecule has 0 radical (unpaired) electrons. The van der Waals surface area contributed by atoms with Crippen LogP contribution >= 0.6 is 46.4 Å². The second-order valence-corrected chi connectivity index (χ2v) is 7.91. The normalized spacial score (nSPS) is 19.0. The molecule has 1 heterocycles. The predicted molar refractivity (Wildman–Crippen MR) is 109 cm³/mol. The topological polar surface area (TPSA) is 78.5 Å². The Labute approximate surface area is 180 Å². The number of amides is 4. The van der Waals surface area contributed by atoms with Crippen molar-refractivity contribution in [2.24, 2.45) is 0 Å². The number of anilines is 1. The summed E-state index contributed by atoms with van der Waals surface area (Å²) in [7, 11) is 0. The van der Waals surface area contributed by atoms with Gasteiger partial charge in [-0.3, -0.25) is 14.5 Å². The van der Waals surface area contributed by atoms with Gasteiger partial charge in [0, 0.05) is 5.02 Å². The summed E-state index contributed by atoms with van der Waals surface area (Å²) in [6.07, 6.45) is 0. The second kappa shape index (κ2) is 7.79. The highest BCUT2D eigenvalue weighted by Crippen LogP contribution is 2.33. The van der Waals surface area contributed by atoms with E-state index in [-0.39, 0.29) is 20.8 Å². The molecule has 1 unspecified atom stereocenters. The van der Waals surface area contributed by atoms with E-state index in [9.17, 15) is 14.4 Å². The first-order valence-electron chi connectivity index (χ1n) is 7.96. The van der Waals surface area contributed by atoms with Crippen LogP contribution in [-0.4, -0.2) is 29.3 Å². The minimum Gasteiger partial charge on any atom is -0.323 e. The van der Waals surface area contributed by atoms with E-state index in [4.69, 9.17) is 46.4 Å². The fourth-order valence-electron chi connectivity index (χ4n) is 2.79. The lowest BCUT2D eigenvalue weighted by Crippen LogP contribution is -2.42. The molecule has 1 aliphatic rings. The zero-order chi connectivity index (χ0) is 20.6. The van der Waals surface area contributed by atoms with Crippen LogP contribution in [0.3, 0.4) is 0 Å². The van der Waals surface area contributed by atoms with E-state index in [0.29, 0.717) is 10.6 Å². The molecule has 4 amide bonds. The molecule has 0 saturated carbocycles. The van der Waals surface area contributed by atoms with Gasteiger partial charge in [0.25, 0.3) is 5.91 Å². The van der Waals surface area contributed by atoms with Gasteiger partial charge in [0.05, 0.1) is 20.8 Å². The Bertz CT molecular complexity index is 998. The maximum Gasteiger partial charge on any atom is 0.325 e. The molecule has 2 aromatic carbocycles. The Morgan fingerprint density at radius 3 is 2.43 bits per heavy atom. The lowest BCUT2D eigenvalue weighted by molar-refractivity contribution is -0.133. The van der Waals surface area contributed by atoms with E-state index in [0.717, 1.165) is 4.90 Å². The maximum atomic E-state index is 12.9. The van der Waals surface area contributed by atoms with E-state index in [1.54, 1.807) is 31.2 Å².